The third-order valence-corrected chi connectivity index (χ3v) is 8.27. The van der Waals surface area contributed by atoms with Crippen LogP contribution in [0, 0.1) is 0 Å². The molecule has 0 radical (unpaired) electrons. The van der Waals surface area contributed by atoms with Gasteiger partial charge in [0.25, 0.3) is 0 Å². The number of hydrogen-bond donors (Lipinski definition) is 0. The Hall–Kier alpha value is -5.08. The maximum Gasteiger partial charge on any atom is 0.143 e. The summed E-state index contributed by atoms with van der Waals surface area (Å²) in [4.78, 5) is 0. The minimum atomic E-state index is 0.896. The summed E-state index contributed by atoms with van der Waals surface area (Å²) in [5, 5.41) is 4.93. The summed E-state index contributed by atoms with van der Waals surface area (Å²) >= 11 is 0. The van der Waals surface area contributed by atoms with Crippen LogP contribution in [-0.4, -0.2) is 4.57 Å². The summed E-state index contributed by atoms with van der Waals surface area (Å²) < 4.78 is 8.58. The predicted octanol–water partition coefficient (Wildman–Crippen LogP) is 10.2. The molecule has 0 fully saturated rings. The van der Waals surface area contributed by atoms with Gasteiger partial charge in [0.1, 0.15) is 11.2 Å². The van der Waals surface area contributed by atoms with Crippen LogP contribution in [0.3, 0.4) is 0 Å². The second-order valence-electron chi connectivity index (χ2n) is 10.6. The second-order valence-corrected chi connectivity index (χ2v) is 10.6. The number of nitrogens with zero attached hydrogens (tertiary/aromatic N) is 1. The highest BCUT2D eigenvalue weighted by Crippen LogP contribution is 2.37. The Morgan fingerprint density at radius 2 is 1.07 bits per heavy atom. The minimum Gasteiger partial charge on any atom is -0.455 e. The van der Waals surface area contributed by atoms with Crippen molar-refractivity contribution in [2.75, 3.05) is 0 Å². The summed E-state index contributed by atoms with van der Waals surface area (Å²) in [7, 11) is 2.17. The van der Waals surface area contributed by atoms with Crippen LogP contribution in [0.1, 0.15) is 11.1 Å². The smallest absolute Gasteiger partial charge is 0.143 e. The number of benzene rings is 6. The molecule has 190 valence electrons. The fraction of sp³-hybridized carbons (Fsp3) is 0.0526. The van der Waals surface area contributed by atoms with Crippen LogP contribution in [0.25, 0.3) is 66.0 Å². The summed E-state index contributed by atoms with van der Waals surface area (Å²) in [6, 6.07) is 47.9. The molecular weight excluding hydrogens is 486 g/mol. The minimum absolute atomic E-state index is 0.896. The summed E-state index contributed by atoms with van der Waals surface area (Å²) in [6.07, 6.45) is 0.896. The van der Waals surface area contributed by atoms with Gasteiger partial charge in [0.05, 0.1) is 5.52 Å². The lowest BCUT2D eigenvalue weighted by Gasteiger charge is -2.09. The van der Waals surface area contributed by atoms with E-state index in [4.69, 9.17) is 4.42 Å². The molecule has 0 bridgehead atoms. The van der Waals surface area contributed by atoms with E-state index in [9.17, 15) is 0 Å². The van der Waals surface area contributed by atoms with Gasteiger partial charge in [-0.15, -0.1) is 0 Å². The third kappa shape index (κ3) is 3.57. The molecule has 0 aliphatic rings. The van der Waals surface area contributed by atoms with Gasteiger partial charge >= 0.3 is 0 Å². The first kappa shape index (κ1) is 22.9. The van der Waals surface area contributed by atoms with Crippen molar-refractivity contribution in [3.05, 3.63) is 145 Å². The molecule has 0 unspecified atom stereocenters. The molecule has 2 heterocycles. The quantitative estimate of drug-likeness (QED) is 0.229. The van der Waals surface area contributed by atoms with Gasteiger partial charge in [0, 0.05) is 45.2 Å². The van der Waals surface area contributed by atoms with Gasteiger partial charge in [-0.1, -0.05) is 121 Å². The zero-order chi connectivity index (χ0) is 26.6. The van der Waals surface area contributed by atoms with Gasteiger partial charge in [0.2, 0.25) is 0 Å². The van der Waals surface area contributed by atoms with E-state index in [1.165, 1.54) is 49.6 Å². The number of fused-ring (bicyclic) bond motifs is 6. The van der Waals surface area contributed by atoms with Crippen molar-refractivity contribution < 1.29 is 4.42 Å². The second kappa shape index (κ2) is 9.00. The number of hydrogen-bond acceptors (Lipinski definition) is 1. The van der Waals surface area contributed by atoms with Crippen LogP contribution in [-0.2, 0) is 13.5 Å². The predicted molar refractivity (Wildman–Crippen MR) is 168 cm³/mol. The van der Waals surface area contributed by atoms with Gasteiger partial charge < -0.3 is 8.98 Å². The third-order valence-electron chi connectivity index (χ3n) is 8.27. The zero-order valence-corrected chi connectivity index (χ0v) is 22.3. The van der Waals surface area contributed by atoms with Gasteiger partial charge in [-0.25, -0.2) is 0 Å². The molecule has 0 atom stereocenters. The van der Waals surface area contributed by atoms with Crippen LogP contribution in [0.2, 0.25) is 0 Å². The maximum absolute atomic E-state index is 6.26. The maximum atomic E-state index is 6.26. The number of para-hydroxylation sites is 4. The SMILES string of the molecule is Cn1c2ccccc2c2cccc(-c3ccc(Cc4ccc(-c5cccc6c5oc5ccccc56)cc4)cc3)c21. The van der Waals surface area contributed by atoms with E-state index in [2.05, 4.69) is 133 Å². The molecule has 40 heavy (non-hydrogen) atoms. The van der Waals surface area contributed by atoms with E-state index in [1.807, 2.05) is 12.1 Å². The molecule has 2 heteroatoms. The molecule has 0 aliphatic carbocycles. The fourth-order valence-electron chi connectivity index (χ4n) is 6.28. The van der Waals surface area contributed by atoms with E-state index in [-0.39, 0.29) is 0 Å². The Bertz CT molecular complexity index is 2180. The lowest BCUT2D eigenvalue weighted by molar-refractivity contribution is 0.670. The Labute approximate surface area is 232 Å². The van der Waals surface area contributed by atoms with Crippen LogP contribution >= 0.6 is 0 Å². The van der Waals surface area contributed by atoms with E-state index >= 15 is 0 Å². The Morgan fingerprint density at radius 1 is 0.500 bits per heavy atom. The van der Waals surface area contributed by atoms with Crippen molar-refractivity contribution >= 4 is 43.7 Å². The molecule has 6 aromatic carbocycles. The van der Waals surface area contributed by atoms with E-state index < -0.39 is 0 Å². The van der Waals surface area contributed by atoms with Crippen LogP contribution in [0.5, 0.6) is 0 Å². The zero-order valence-electron chi connectivity index (χ0n) is 22.3. The molecule has 2 nitrogen and oxygen atoms in total. The van der Waals surface area contributed by atoms with E-state index in [0.29, 0.717) is 0 Å². The first-order chi connectivity index (χ1) is 19.7. The summed E-state index contributed by atoms with van der Waals surface area (Å²) in [5.74, 6) is 0. The number of aryl methyl sites for hydroxylation is 1. The molecule has 0 saturated heterocycles. The van der Waals surface area contributed by atoms with Crippen molar-refractivity contribution in [1.82, 2.24) is 4.57 Å². The Morgan fingerprint density at radius 3 is 1.82 bits per heavy atom. The average molecular weight is 514 g/mol. The molecule has 0 amide bonds. The summed E-state index contributed by atoms with van der Waals surface area (Å²) in [5.41, 5.74) is 11.9. The van der Waals surface area contributed by atoms with Gasteiger partial charge in [-0.3, -0.25) is 0 Å². The number of aromatic nitrogens is 1. The largest absolute Gasteiger partial charge is 0.455 e. The van der Waals surface area contributed by atoms with Crippen molar-refractivity contribution in [3.63, 3.8) is 0 Å². The van der Waals surface area contributed by atoms with Gasteiger partial charge in [-0.2, -0.15) is 0 Å². The first-order valence-electron chi connectivity index (χ1n) is 13.8. The van der Waals surface area contributed by atoms with E-state index in [0.717, 1.165) is 33.9 Å². The van der Waals surface area contributed by atoms with Crippen molar-refractivity contribution in [3.8, 4) is 22.3 Å². The molecule has 0 N–H and O–H groups in total. The Kier molecular flexibility index (Phi) is 5.14. The molecule has 8 rings (SSSR count). The highest BCUT2D eigenvalue weighted by molar-refractivity contribution is 6.12. The van der Waals surface area contributed by atoms with Gasteiger partial charge in [-0.05, 0) is 40.8 Å². The van der Waals surface area contributed by atoms with Crippen molar-refractivity contribution in [2.45, 2.75) is 6.42 Å². The Balaban J connectivity index is 1.08. The molecular formula is C38H27NO. The average Bonchev–Trinajstić information content (AvgIpc) is 3.54. The normalized spacial score (nSPS) is 11.7. The van der Waals surface area contributed by atoms with Crippen LogP contribution in [0.15, 0.2) is 138 Å². The highest BCUT2D eigenvalue weighted by Gasteiger charge is 2.14. The standard InChI is InChI=1S/C38H27NO/c1-39-35-14-4-2-8-31(35)33-12-6-10-29(37(33)39)27-20-16-25(17-21-27)24-26-18-22-28(23-19-26)30-11-7-13-34-32-9-3-5-15-36(32)40-38(30)34/h2-23H,24H2,1H3. The molecule has 2 aromatic heterocycles. The lowest BCUT2D eigenvalue weighted by atomic mass is 9.97. The highest BCUT2D eigenvalue weighted by atomic mass is 16.3. The van der Waals surface area contributed by atoms with Crippen LogP contribution < -0.4 is 0 Å². The molecule has 8 aromatic rings. The monoisotopic (exact) mass is 513 g/mol. The van der Waals surface area contributed by atoms with E-state index in [1.54, 1.807) is 0 Å². The molecule has 0 saturated carbocycles. The molecule has 0 spiro atoms. The number of rotatable bonds is 4. The van der Waals surface area contributed by atoms with Gasteiger partial charge in [0.15, 0.2) is 0 Å². The first-order valence-corrected chi connectivity index (χ1v) is 13.8. The topological polar surface area (TPSA) is 18.1 Å². The van der Waals surface area contributed by atoms with Crippen LogP contribution in [0.4, 0.5) is 0 Å². The fourth-order valence-corrected chi connectivity index (χ4v) is 6.28. The lowest BCUT2D eigenvalue weighted by Crippen LogP contribution is -1.91. The van der Waals surface area contributed by atoms with Crippen molar-refractivity contribution in [1.29, 1.82) is 0 Å². The molecule has 0 aliphatic heterocycles. The number of furan rings is 1. The summed E-state index contributed by atoms with van der Waals surface area (Å²) in [6.45, 7) is 0. The van der Waals surface area contributed by atoms with Crippen molar-refractivity contribution in [2.24, 2.45) is 7.05 Å².